The zero-order valence-corrected chi connectivity index (χ0v) is 11.7. The summed E-state index contributed by atoms with van der Waals surface area (Å²) in [6, 6.07) is 0. The van der Waals surface area contributed by atoms with Gasteiger partial charge in [-0.2, -0.15) is 0 Å². The summed E-state index contributed by atoms with van der Waals surface area (Å²) in [5, 5.41) is 5.83. The summed E-state index contributed by atoms with van der Waals surface area (Å²) in [7, 11) is 0. The molecular weight excluding hydrogens is 319 g/mol. The van der Waals surface area contributed by atoms with Crippen LogP contribution in [-0.4, -0.2) is 28.0 Å². The largest absolute Gasteiger partial charge is 0.360 e. The molecule has 88 valence electrons. The van der Waals surface area contributed by atoms with Crippen molar-refractivity contribution in [1.82, 2.24) is 15.3 Å². The van der Waals surface area contributed by atoms with E-state index in [1.807, 2.05) is 20.8 Å². The van der Waals surface area contributed by atoms with E-state index in [2.05, 4.69) is 43.2 Å². The topological polar surface area (TPSA) is 66.9 Å². The summed E-state index contributed by atoms with van der Waals surface area (Å²) in [6.45, 7) is 6.04. The summed E-state index contributed by atoms with van der Waals surface area (Å²) >= 11 is 2.12. The quantitative estimate of drug-likeness (QED) is 0.821. The molecule has 1 heterocycles. The lowest BCUT2D eigenvalue weighted by Crippen LogP contribution is -2.43. The number of nitrogens with one attached hydrogen (secondary N) is 2. The maximum absolute atomic E-state index is 11.5. The predicted molar refractivity (Wildman–Crippen MR) is 71.1 cm³/mol. The Balaban J connectivity index is 2.47. The van der Waals surface area contributed by atoms with Crippen LogP contribution in [0.25, 0.3) is 0 Å². The first-order valence-corrected chi connectivity index (χ1v) is 5.97. The van der Waals surface area contributed by atoms with Crippen LogP contribution in [0.5, 0.6) is 0 Å². The van der Waals surface area contributed by atoms with Crippen LogP contribution in [0.3, 0.4) is 0 Å². The van der Waals surface area contributed by atoms with Gasteiger partial charge in [-0.3, -0.25) is 4.79 Å². The zero-order valence-electron chi connectivity index (χ0n) is 9.54. The number of carbonyl (C=O) groups excluding carboxylic acids is 1. The number of rotatable bonds is 3. The average Bonchev–Trinajstić information content (AvgIpc) is 2.14. The molecule has 0 atom stereocenters. The van der Waals surface area contributed by atoms with Gasteiger partial charge in [-0.05, 0) is 43.4 Å². The van der Waals surface area contributed by atoms with Crippen LogP contribution in [0.4, 0.5) is 5.82 Å². The minimum Gasteiger partial charge on any atom is -0.360 e. The number of hydrogen-bond acceptors (Lipinski definition) is 4. The molecular formula is C10H15IN4O. The molecule has 0 aliphatic heterocycles. The molecule has 5 nitrogen and oxygen atoms in total. The molecule has 0 aliphatic carbocycles. The van der Waals surface area contributed by atoms with E-state index in [9.17, 15) is 4.79 Å². The average molecular weight is 334 g/mol. The van der Waals surface area contributed by atoms with Crippen molar-refractivity contribution in [2.24, 2.45) is 0 Å². The smallest absolute Gasteiger partial charge is 0.239 e. The molecule has 1 rings (SSSR count). The predicted octanol–water partition coefficient (Wildman–Crippen LogP) is 1.41. The Morgan fingerprint density at radius 3 is 2.75 bits per heavy atom. The Bertz CT molecular complexity index is 375. The van der Waals surface area contributed by atoms with Crippen LogP contribution in [-0.2, 0) is 4.79 Å². The first-order chi connectivity index (χ1) is 7.38. The van der Waals surface area contributed by atoms with Crippen LogP contribution in [0.15, 0.2) is 12.5 Å². The molecule has 0 fully saturated rings. The van der Waals surface area contributed by atoms with E-state index in [0.29, 0.717) is 5.82 Å². The lowest BCUT2D eigenvalue weighted by atomic mass is 10.1. The molecule has 16 heavy (non-hydrogen) atoms. The maximum Gasteiger partial charge on any atom is 0.239 e. The van der Waals surface area contributed by atoms with Crippen molar-refractivity contribution >= 4 is 34.3 Å². The van der Waals surface area contributed by atoms with Crippen molar-refractivity contribution in [2.45, 2.75) is 26.3 Å². The van der Waals surface area contributed by atoms with Crippen LogP contribution in [0.1, 0.15) is 20.8 Å². The molecule has 2 N–H and O–H groups in total. The van der Waals surface area contributed by atoms with Crippen molar-refractivity contribution in [3.8, 4) is 0 Å². The molecule has 1 amide bonds. The minimum absolute atomic E-state index is 0.0538. The Hall–Kier alpha value is -0.920. The summed E-state index contributed by atoms with van der Waals surface area (Å²) in [6.07, 6.45) is 3.14. The van der Waals surface area contributed by atoms with Crippen molar-refractivity contribution in [3.63, 3.8) is 0 Å². The molecule has 0 saturated carbocycles. The van der Waals surface area contributed by atoms with Crippen molar-refractivity contribution in [3.05, 3.63) is 16.1 Å². The summed E-state index contributed by atoms with van der Waals surface area (Å²) < 4.78 is 0.892. The van der Waals surface area contributed by atoms with Gasteiger partial charge in [0, 0.05) is 11.7 Å². The van der Waals surface area contributed by atoms with Gasteiger partial charge in [-0.1, -0.05) is 0 Å². The second-order valence-corrected chi connectivity index (χ2v) is 5.53. The standard InChI is InChI=1S/C10H15IN4O/c1-10(2,3)15-8(16)5-13-9-7(11)4-12-6-14-9/h4,6H,5H2,1-3H3,(H,15,16)(H,12,13,14). The van der Waals surface area contributed by atoms with Crippen LogP contribution in [0, 0.1) is 3.57 Å². The van der Waals surface area contributed by atoms with Gasteiger partial charge in [0.25, 0.3) is 0 Å². The molecule has 0 aliphatic rings. The van der Waals surface area contributed by atoms with Crippen molar-refractivity contribution < 1.29 is 4.79 Å². The number of carbonyl (C=O) groups is 1. The molecule has 0 radical (unpaired) electrons. The molecule has 6 heteroatoms. The van der Waals surface area contributed by atoms with E-state index in [1.54, 1.807) is 6.20 Å². The van der Waals surface area contributed by atoms with Gasteiger partial charge in [0.1, 0.15) is 12.1 Å². The van der Waals surface area contributed by atoms with Crippen LogP contribution >= 0.6 is 22.6 Å². The molecule has 0 saturated heterocycles. The third kappa shape index (κ3) is 4.73. The third-order valence-electron chi connectivity index (χ3n) is 1.60. The molecule has 0 unspecified atom stereocenters. The Labute approximate surface area is 109 Å². The number of nitrogens with zero attached hydrogens (tertiary/aromatic N) is 2. The van der Waals surface area contributed by atoms with Gasteiger partial charge < -0.3 is 10.6 Å². The molecule has 1 aromatic rings. The fourth-order valence-electron chi connectivity index (χ4n) is 1.07. The van der Waals surface area contributed by atoms with Crippen LogP contribution < -0.4 is 10.6 Å². The summed E-state index contributed by atoms with van der Waals surface area (Å²) in [4.78, 5) is 19.4. The van der Waals surface area contributed by atoms with Gasteiger partial charge in [-0.25, -0.2) is 9.97 Å². The van der Waals surface area contributed by atoms with Crippen molar-refractivity contribution in [1.29, 1.82) is 0 Å². The highest BCUT2D eigenvalue weighted by Gasteiger charge is 2.13. The number of halogens is 1. The minimum atomic E-state index is -0.211. The maximum atomic E-state index is 11.5. The zero-order chi connectivity index (χ0) is 12.2. The first kappa shape index (κ1) is 13.1. The Kier molecular flexibility index (Phi) is 4.45. The molecule has 0 spiro atoms. The number of amides is 1. The molecule has 1 aromatic heterocycles. The SMILES string of the molecule is CC(C)(C)NC(=O)CNc1ncncc1I. The second kappa shape index (κ2) is 5.42. The van der Waals surface area contributed by atoms with E-state index >= 15 is 0 Å². The van der Waals surface area contributed by atoms with E-state index in [0.717, 1.165) is 3.57 Å². The highest BCUT2D eigenvalue weighted by Crippen LogP contribution is 2.11. The Morgan fingerprint density at radius 2 is 2.19 bits per heavy atom. The number of aromatic nitrogens is 2. The van der Waals surface area contributed by atoms with Gasteiger partial charge in [0.15, 0.2) is 0 Å². The van der Waals surface area contributed by atoms with E-state index in [-0.39, 0.29) is 18.0 Å². The van der Waals surface area contributed by atoms with E-state index < -0.39 is 0 Å². The number of anilines is 1. The fourth-order valence-corrected chi connectivity index (χ4v) is 1.56. The Morgan fingerprint density at radius 1 is 1.50 bits per heavy atom. The third-order valence-corrected chi connectivity index (χ3v) is 2.39. The lowest BCUT2D eigenvalue weighted by molar-refractivity contribution is -0.120. The van der Waals surface area contributed by atoms with E-state index in [1.165, 1.54) is 6.33 Å². The number of hydrogen-bond donors (Lipinski definition) is 2. The second-order valence-electron chi connectivity index (χ2n) is 4.37. The normalized spacial score (nSPS) is 11.0. The highest BCUT2D eigenvalue weighted by molar-refractivity contribution is 14.1. The van der Waals surface area contributed by atoms with Gasteiger partial charge in [0.2, 0.25) is 5.91 Å². The van der Waals surface area contributed by atoms with Gasteiger partial charge in [-0.15, -0.1) is 0 Å². The van der Waals surface area contributed by atoms with E-state index in [4.69, 9.17) is 0 Å². The van der Waals surface area contributed by atoms with Crippen LogP contribution in [0.2, 0.25) is 0 Å². The van der Waals surface area contributed by atoms with Crippen molar-refractivity contribution in [2.75, 3.05) is 11.9 Å². The molecule has 0 aromatic carbocycles. The fraction of sp³-hybridized carbons (Fsp3) is 0.500. The first-order valence-electron chi connectivity index (χ1n) is 4.89. The van der Waals surface area contributed by atoms with Gasteiger partial charge >= 0.3 is 0 Å². The highest BCUT2D eigenvalue weighted by atomic mass is 127. The molecule has 0 bridgehead atoms. The lowest BCUT2D eigenvalue weighted by Gasteiger charge is -2.20. The summed E-state index contributed by atoms with van der Waals surface area (Å²) in [5.41, 5.74) is -0.211. The monoisotopic (exact) mass is 334 g/mol. The van der Waals surface area contributed by atoms with Gasteiger partial charge in [0.05, 0.1) is 10.1 Å². The summed E-state index contributed by atoms with van der Waals surface area (Å²) in [5.74, 6) is 0.626.